The Morgan fingerprint density at radius 3 is 2.68 bits per heavy atom. The van der Waals surface area contributed by atoms with Crippen LogP contribution in [0.4, 0.5) is 20.3 Å². The molecule has 0 aliphatic rings. The molecule has 0 amide bonds. The molecule has 0 bridgehead atoms. The van der Waals surface area contributed by atoms with Crippen molar-refractivity contribution < 1.29 is 31.2 Å². The fourth-order valence-corrected chi connectivity index (χ4v) is 3.66. The Morgan fingerprint density at radius 1 is 1.25 bits per heavy atom. The highest BCUT2D eigenvalue weighted by atomic mass is 32.2. The Balaban J connectivity index is 2.00. The fraction of sp³-hybridized carbons (Fsp3) is 0.235. The summed E-state index contributed by atoms with van der Waals surface area (Å²) in [6.45, 7) is 0.746. The quantitative estimate of drug-likeness (QED) is 0.572. The number of ether oxygens (including phenoxy) is 2. The molecule has 0 unspecified atom stereocenters. The number of anilines is 2. The molecule has 0 radical (unpaired) electrons. The van der Waals surface area contributed by atoms with Gasteiger partial charge in [0.05, 0.1) is 18.2 Å². The number of benzene rings is 2. The number of rotatable bonds is 7. The minimum Gasteiger partial charge on any atom is -0.495 e. The molecule has 0 atom stereocenters. The highest BCUT2D eigenvalue weighted by molar-refractivity contribution is 7.92. The van der Waals surface area contributed by atoms with Crippen LogP contribution in [0.3, 0.4) is 0 Å². The van der Waals surface area contributed by atoms with Gasteiger partial charge in [-0.2, -0.15) is 0 Å². The van der Waals surface area contributed by atoms with Gasteiger partial charge in [0.1, 0.15) is 23.0 Å². The number of nitrogen functional groups attached to an aromatic ring is 1. The highest BCUT2D eigenvalue weighted by Gasteiger charge is 2.24. The van der Waals surface area contributed by atoms with Crippen LogP contribution in [0.25, 0.3) is 11.0 Å². The van der Waals surface area contributed by atoms with Gasteiger partial charge in [-0.15, -0.1) is 0 Å². The summed E-state index contributed by atoms with van der Waals surface area (Å²) in [5.74, 6) is 0.0172. The molecule has 28 heavy (non-hydrogen) atoms. The van der Waals surface area contributed by atoms with Crippen LogP contribution < -0.4 is 19.9 Å². The van der Waals surface area contributed by atoms with E-state index in [2.05, 4.69) is 9.88 Å². The number of fused-ring (bicyclic) bond motifs is 1. The van der Waals surface area contributed by atoms with E-state index in [9.17, 15) is 17.2 Å². The number of aryl methyl sites for hydroxylation is 1. The smallest absolute Gasteiger partial charge is 0.272 e. The SMILES string of the molecule is COc1cc2c(NS(=O)(=O)c3ccc(C)cc3OCC(F)F)noc2cc1N. The van der Waals surface area contributed by atoms with Crippen molar-refractivity contribution in [1.82, 2.24) is 5.16 Å². The zero-order chi connectivity index (χ0) is 20.5. The van der Waals surface area contributed by atoms with E-state index in [-0.39, 0.29) is 22.0 Å². The number of aromatic nitrogens is 1. The molecule has 0 saturated carbocycles. The van der Waals surface area contributed by atoms with Gasteiger partial charge in [0, 0.05) is 6.07 Å². The number of sulfonamides is 1. The van der Waals surface area contributed by atoms with E-state index in [1.165, 1.54) is 37.4 Å². The molecule has 3 N–H and O–H groups in total. The van der Waals surface area contributed by atoms with E-state index in [4.69, 9.17) is 19.7 Å². The second-order valence-corrected chi connectivity index (χ2v) is 7.53. The molecule has 0 saturated heterocycles. The van der Waals surface area contributed by atoms with Crippen LogP contribution in [0.15, 0.2) is 39.8 Å². The molecule has 0 spiro atoms. The maximum atomic E-state index is 12.8. The Hall–Kier alpha value is -3.08. The number of nitrogens with two attached hydrogens (primary N) is 1. The van der Waals surface area contributed by atoms with Crippen LogP contribution in [-0.2, 0) is 10.0 Å². The van der Waals surface area contributed by atoms with Gasteiger partial charge in [0.15, 0.2) is 11.4 Å². The summed E-state index contributed by atoms with van der Waals surface area (Å²) in [5, 5.41) is 4.02. The van der Waals surface area contributed by atoms with Gasteiger partial charge in [-0.3, -0.25) is 4.72 Å². The average molecular weight is 413 g/mol. The number of hydrogen-bond donors (Lipinski definition) is 2. The minimum absolute atomic E-state index is 0.103. The number of halogens is 2. The van der Waals surface area contributed by atoms with Crippen LogP contribution in [0.1, 0.15) is 5.56 Å². The van der Waals surface area contributed by atoms with E-state index in [1.54, 1.807) is 6.92 Å². The van der Waals surface area contributed by atoms with Crippen molar-refractivity contribution in [2.45, 2.75) is 18.2 Å². The maximum Gasteiger partial charge on any atom is 0.272 e. The molecule has 0 aliphatic carbocycles. The van der Waals surface area contributed by atoms with Crippen molar-refractivity contribution in [3.05, 3.63) is 35.9 Å². The Labute approximate surface area is 159 Å². The lowest BCUT2D eigenvalue weighted by Crippen LogP contribution is -2.16. The van der Waals surface area contributed by atoms with E-state index in [0.717, 1.165) is 0 Å². The van der Waals surface area contributed by atoms with Gasteiger partial charge in [0.25, 0.3) is 16.4 Å². The first-order valence-electron chi connectivity index (χ1n) is 7.98. The second kappa shape index (κ2) is 7.50. The molecule has 150 valence electrons. The topological polar surface area (TPSA) is 117 Å². The monoisotopic (exact) mass is 413 g/mol. The molecule has 11 heteroatoms. The Morgan fingerprint density at radius 2 is 2.00 bits per heavy atom. The molecular weight excluding hydrogens is 396 g/mol. The van der Waals surface area contributed by atoms with E-state index in [1.807, 2.05) is 0 Å². The number of nitrogens with one attached hydrogen (secondary N) is 1. The minimum atomic E-state index is -4.21. The third-order valence-electron chi connectivity index (χ3n) is 3.81. The zero-order valence-electron chi connectivity index (χ0n) is 14.9. The first kappa shape index (κ1) is 19.7. The molecular formula is C17H17F2N3O5S. The molecule has 1 aromatic heterocycles. The normalized spacial score (nSPS) is 11.8. The predicted molar refractivity (Wildman–Crippen MR) is 98.5 cm³/mol. The molecule has 0 aliphatic heterocycles. The van der Waals surface area contributed by atoms with E-state index in [0.29, 0.717) is 22.4 Å². The molecule has 1 heterocycles. The standard InChI is InChI=1S/C17H17F2N3O5S/c1-9-3-4-15(14(5-9)26-8-16(18)19)28(23,24)22-17-10-6-13(25-2)11(20)7-12(10)27-21-17/h3-7,16H,8,20H2,1-2H3,(H,21,22). The summed E-state index contributed by atoms with van der Waals surface area (Å²) in [6.07, 6.45) is -2.75. The van der Waals surface area contributed by atoms with Gasteiger partial charge in [-0.05, 0) is 30.7 Å². The number of alkyl halides is 2. The molecule has 8 nitrogen and oxygen atoms in total. The first-order valence-corrected chi connectivity index (χ1v) is 9.47. The lowest BCUT2D eigenvalue weighted by Gasteiger charge is -2.13. The second-order valence-electron chi connectivity index (χ2n) is 5.88. The largest absolute Gasteiger partial charge is 0.495 e. The summed E-state index contributed by atoms with van der Waals surface area (Å²) in [5.41, 5.74) is 6.97. The van der Waals surface area contributed by atoms with Crippen molar-refractivity contribution in [3.8, 4) is 11.5 Å². The number of nitrogens with zero attached hydrogens (tertiary/aromatic N) is 1. The first-order chi connectivity index (χ1) is 13.2. The zero-order valence-corrected chi connectivity index (χ0v) is 15.7. The fourth-order valence-electron chi connectivity index (χ4n) is 2.52. The van der Waals surface area contributed by atoms with E-state index >= 15 is 0 Å². The van der Waals surface area contributed by atoms with Gasteiger partial charge in [-0.1, -0.05) is 11.2 Å². The molecule has 0 fully saturated rings. The van der Waals surface area contributed by atoms with Crippen LogP contribution in [0.5, 0.6) is 11.5 Å². The van der Waals surface area contributed by atoms with Gasteiger partial charge >= 0.3 is 0 Å². The van der Waals surface area contributed by atoms with Crippen LogP contribution in [-0.4, -0.2) is 33.7 Å². The molecule has 3 aromatic rings. The summed E-state index contributed by atoms with van der Waals surface area (Å²) in [6, 6.07) is 7.07. The predicted octanol–water partition coefficient (Wildman–Crippen LogP) is 3.17. The Kier molecular flexibility index (Phi) is 5.27. The van der Waals surface area contributed by atoms with Gasteiger partial charge < -0.3 is 19.7 Å². The van der Waals surface area contributed by atoms with Crippen molar-refractivity contribution >= 4 is 32.5 Å². The summed E-state index contributed by atoms with van der Waals surface area (Å²) >= 11 is 0. The van der Waals surface area contributed by atoms with E-state index < -0.39 is 23.1 Å². The molecule has 3 rings (SSSR count). The van der Waals surface area contributed by atoms with Crippen molar-refractivity contribution in [2.24, 2.45) is 0 Å². The van der Waals surface area contributed by atoms with Crippen molar-refractivity contribution in [2.75, 3.05) is 24.2 Å². The third-order valence-corrected chi connectivity index (χ3v) is 5.19. The lowest BCUT2D eigenvalue weighted by atomic mass is 10.2. The lowest BCUT2D eigenvalue weighted by molar-refractivity contribution is 0.0804. The van der Waals surface area contributed by atoms with Crippen LogP contribution >= 0.6 is 0 Å². The van der Waals surface area contributed by atoms with Crippen LogP contribution in [0, 0.1) is 6.92 Å². The van der Waals surface area contributed by atoms with Crippen LogP contribution in [0.2, 0.25) is 0 Å². The number of hydrogen-bond acceptors (Lipinski definition) is 7. The summed E-state index contributed by atoms with van der Waals surface area (Å²) in [7, 11) is -2.80. The highest BCUT2D eigenvalue weighted by Crippen LogP contribution is 2.34. The van der Waals surface area contributed by atoms with Gasteiger partial charge in [-0.25, -0.2) is 17.2 Å². The Bertz CT molecular complexity index is 1120. The summed E-state index contributed by atoms with van der Waals surface area (Å²) in [4.78, 5) is -0.308. The maximum absolute atomic E-state index is 12.8. The van der Waals surface area contributed by atoms with Crippen molar-refractivity contribution in [1.29, 1.82) is 0 Å². The summed E-state index contributed by atoms with van der Waals surface area (Å²) < 4.78 is 68.1. The third kappa shape index (κ3) is 3.93. The van der Waals surface area contributed by atoms with Gasteiger partial charge in [0.2, 0.25) is 0 Å². The van der Waals surface area contributed by atoms with Crippen molar-refractivity contribution in [3.63, 3.8) is 0 Å². The average Bonchev–Trinajstić information content (AvgIpc) is 2.99. The number of methoxy groups -OCH3 is 1. The molecule has 2 aromatic carbocycles.